The summed E-state index contributed by atoms with van der Waals surface area (Å²) in [6.45, 7) is 3.25. The van der Waals surface area contributed by atoms with E-state index < -0.39 is 9.84 Å². The number of aromatic nitrogens is 6. The Balaban J connectivity index is 1.69. The number of fused-ring (bicyclic) bond motifs is 3. The van der Waals surface area contributed by atoms with Crippen molar-refractivity contribution in [1.82, 2.24) is 29.5 Å². The molecule has 1 aliphatic heterocycles. The minimum Gasteiger partial charge on any atom is -0.381 e. The summed E-state index contributed by atoms with van der Waals surface area (Å²) in [5, 5.41) is 9.95. The SMILES string of the molecule is Cc1nnn(C)c1-c1cnc2c3ccc(CS(C)(=O)=O)cc3n([C@@H](c3ncccc3Cl)C3CCOCC3)c2c1. The molecular formula is C28H29ClN6O3S. The maximum atomic E-state index is 12.2. The van der Waals surface area contributed by atoms with Gasteiger partial charge >= 0.3 is 0 Å². The van der Waals surface area contributed by atoms with E-state index in [1.807, 2.05) is 50.5 Å². The van der Waals surface area contributed by atoms with Crippen LogP contribution in [-0.2, 0) is 27.4 Å². The molecule has 4 aromatic heterocycles. The molecule has 6 rings (SSSR count). The van der Waals surface area contributed by atoms with Crippen LogP contribution in [0.5, 0.6) is 0 Å². The smallest absolute Gasteiger partial charge is 0.151 e. The van der Waals surface area contributed by atoms with Gasteiger partial charge in [-0.05, 0) is 55.5 Å². The number of sulfone groups is 1. The molecule has 1 atom stereocenters. The fraction of sp³-hybridized carbons (Fsp3) is 0.357. The molecule has 5 heterocycles. The third kappa shape index (κ3) is 4.81. The first-order valence-electron chi connectivity index (χ1n) is 12.9. The first-order chi connectivity index (χ1) is 18.7. The number of halogens is 1. The molecule has 0 saturated carbocycles. The zero-order valence-corrected chi connectivity index (χ0v) is 23.6. The molecule has 0 unspecified atom stereocenters. The van der Waals surface area contributed by atoms with E-state index in [0.717, 1.165) is 63.0 Å². The van der Waals surface area contributed by atoms with E-state index in [0.29, 0.717) is 18.2 Å². The quantitative estimate of drug-likeness (QED) is 0.289. The number of hydrogen-bond donors (Lipinski definition) is 0. The lowest BCUT2D eigenvalue weighted by Crippen LogP contribution is -2.27. The van der Waals surface area contributed by atoms with Gasteiger partial charge in [0.05, 0.1) is 50.4 Å². The molecule has 0 bridgehead atoms. The molecule has 1 aliphatic rings. The van der Waals surface area contributed by atoms with Crippen molar-refractivity contribution in [2.45, 2.75) is 31.6 Å². The fourth-order valence-electron chi connectivity index (χ4n) is 5.83. The van der Waals surface area contributed by atoms with Crippen LogP contribution in [0.4, 0.5) is 0 Å². The number of rotatable bonds is 6. The minimum absolute atomic E-state index is 0.0463. The third-order valence-corrected chi connectivity index (χ3v) is 8.64. The van der Waals surface area contributed by atoms with Gasteiger partial charge in [-0.15, -0.1) is 5.10 Å². The zero-order chi connectivity index (χ0) is 27.3. The Bertz CT molecular complexity index is 1790. The van der Waals surface area contributed by atoms with Crippen molar-refractivity contribution in [1.29, 1.82) is 0 Å². The predicted molar refractivity (Wildman–Crippen MR) is 151 cm³/mol. The molecule has 11 heteroatoms. The Morgan fingerprint density at radius 3 is 2.62 bits per heavy atom. The fourth-order valence-corrected chi connectivity index (χ4v) is 6.85. The highest BCUT2D eigenvalue weighted by molar-refractivity contribution is 7.89. The van der Waals surface area contributed by atoms with Crippen LogP contribution in [-0.4, -0.2) is 57.4 Å². The first-order valence-corrected chi connectivity index (χ1v) is 15.3. The van der Waals surface area contributed by atoms with Gasteiger partial charge in [0, 0.05) is 49.9 Å². The molecule has 39 heavy (non-hydrogen) atoms. The highest BCUT2D eigenvalue weighted by Crippen LogP contribution is 2.42. The first kappa shape index (κ1) is 25.9. The van der Waals surface area contributed by atoms with Crippen LogP contribution < -0.4 is 0 Å². The molecule has 0 N–H and O–H groups in total. The normalized spacial score (nSPS) is 15.8. The molecule has 9 nitrogen and oxygen atoms in total. The van der Waals surface area contributed by atoms with Crippen LogP contribution >= 0.6 is 11.6 Å². The van der Waals surface area contributed by atoms with Gasteiger partial charge in [0.1, 0.15) is 0 Å². The van der Waals surface area contributed by atoms with Crippen LogP contribution in [0.3, 0.4) is 0 Å². The number of hydrogen-bond acceptors (Lipinski definition) is 7. The Labute approximate surface area is 231 Å². The highest BCUT2D eigenvalue weighted by atomic mass is 35.5. The molecule has 1 saturated heterocycles. The number of pyridine rings is 2. The summed E-state index contributed by atoms with van der Waals surface area (Å²) in [7, 11) is -1.36. The van der Waals surface area contributed by atoms with Gasteiger partial charge in [0.15, 0.2) is 9.84 Å². The van der Waals surface area contributed by atoms with E-state index in [4.69, 9.17) is 26.3 Å². The maximum absolute atomic E-state index is 12.2. The average Bonchev–Trinajstić information content (AvgIpc) is 3.40. The number of aryl methyl sites for hydroxylation is 2. The second-order valence-corrected chi connectivity index (χ2v) is 12.8. The summed E-state index contributed by atoms with van der Waals surface area (Å²) in [5.41, 5.74) is 6.73. The lowest BCUT2D eigenvalue weighted by Gasteiger charge is -2.32. The number of benzene rings is 1. The van der Waals surface area contributed by atoms with E-state index in [-0.39, 0.29) is 17.7 Å². The largest absolute Gasteiger partial charge is 0.381 e. The van der Waals surface area contributed by atoms with Crippen LogP contribution in [0.2, 0.25) is 5.02 Å². The molecule has 1 aromatic carbocycles. The van der Waals surface area contributed by atoms with Crippen molar-refractivity contribution in [2.75, 3.05) is 19.5 Å². The minimum atomic E-state index is -3.23. The molecule has 202 valence electrons. The highest BCUT2D eigenvalue weighted by Gasteiger charge is 2.32. The Morgan fingerprint density at radius 1 is 1.13 bits per heavy atom. The second-order valence-electron chi connectivity index (χ2n) is 10.3. The van der Waals surface area contributed by atoms with E-state index in [1.54, 1.807) is 10.9 Å². The number of ether oxygens (including phenoxy) is 1. The standard InChI is InChI=1S/C28H29ClN6O3S/c1-17-27(34(2)33-32-17)20-14-24-25(31-15-20)21-7-6-18(16-39(3,36)37)13-23(21)35(24)28(19-8-11-38-12-9-19)26-22(29)5-4-10-30-26/h4-7,10,13-15,19,28H,8-9,11-12,16H2,1-3H3/t28-/m1/s1. The molecule has 0 amide bonds. The van der Waals surface area contributed by atoms with Crippen LogP contribution in [0.25, 0.3) is 33.2 Å². The van der Waals surface area contributed by atoms with E-state index in [9.17, 15) is 8.42 Å². The topological polar surface area (TPSA) is 105 Å². The Hall–Kier alpha value is -3.34. The van der Waals surface area contributed by atoms with Crippen LogP contribution in [0, 0.1) is 12.8 Å². The van der Waals surface area contributed by atoms with Gasteiger partial charge in [0.2, 0.25) is 0 Å². The zero-order valence-electron chi connectivity index (χ0n) is 22.0. The van der Waals surface area contributed by atoms with Gasteiger partial charge in [-0.25, -0.2) is 13.1 Å². The van der Waals surface area contributed by atoms with Crippen molar-refractivity contribution < 1.29 is 13.2 Å². The second kappa shape index (κ2) is 10.0. The lowest BCUT2D eigenvalue weighted by molar-refractivity contribution is 0.0548. The van der Waals surface area contributed by atoms with Crippen molar-refractivity contribution in [3.05, 3.63) is 70.8 Å². The molecule has 0 aliphatic carbocycles. The van der Waals surface area contributed by atoms with Crippen molar-refractivity contribution >= 4 is 43.4 Å². The molecule has 5 aromatic rings. The van der Waals surface area contributed by atoms with Gasteiger partial charge in [-0.2, -0.15) is 0 Å². The monoisotopic (exact) mass is 564 g/mol. The van der Waals surface area contributed by atoms with Crippen LogP contribution in [0.1, 0.15) is 35.8 Å². The van der Waals surface area contributed by atoms with Crippen molar-refractivity contribution in [3.8, 4) is 11.3 Å². The van der Waals surface area contributed by atoms with Crippen molar-refractivity contribution in [2.24, 2.45) is 13.0 Å². The van der Waals surface area contributed by atoms with Crippen LogP contribution in [0.15, 0.2) is 48.8 Å². The number of nitrogens with zero attached hydrogens (tertiary/aromatic N) is 6. The lowest BCUT2D eigenvalue weighted by atomic mass is 9.88. The third-order valence-electron chi connectivity index (χ3n) is 7.46. The summed E-state index contributed by atoms with van der Waals surface area (Å²) in [5.74, 6) is 0.155. The van der Waals surface area contributed by atoms with E-state index in [1.165, 1.54) is 6.26 Å². The summed E-state index contributed by atoms with van der Waals surface area (Å²) < 4.78 is 34.1. The maximum Gasteiger partial charge on any atom is 0.151 e. The molecule has 0 radical (unpaired) electrons. The van der Waals surface area contributed by atoms with Gasteiger partial charge < -0.3 is 9.30 Å². The van der Waals surface area contributed by atoms with Gasteiger partial charge in [-0.1, -0.05) is 28.9 Å². The van der Waals surface area contributed by atoms with E-state index >= 15 is 0 Å². The Kier molecular flexibility index (Phi) is 6.65. The molecule has 1 fully saturated rings. The van der Waals surface area contributed by atoms with Gasteiger partial charge in [0.25, 0.3) is 0 Å². The molecular weight excluding hydrogens is 536 g/mol. The summed E-state index contributed by atoms with van der Waals surface area (Å²) in [6, 6.07) is 11.4. The summed E-state index contributed by atoms with van der Waals surface area (Å²) in [6.07, 6.45) is 6.56. The predicted octanol–water partition coefficient (Wildman–Crippen LogP) is 4.90. The Morgan fingerprint density at radius 2 is 1.92 bits per heavy atom. The van der Waals surface area contributed by atoms with Gasteiger partial charge in [-0.3, -0.25) is 9.97 Å². The van der Waals surface area contributed by atoms with E-state index in [2.05, 4.69) is 20.9 Å². The molecule has 0 spiro atoms. The van der Waals surface area contributed by atoms with Crippen molar-refractivity contribution in [3.63, 3.8) is 0 Å². The average molecular weight is 565 g/mol. The summed E-state index contributed by atoms with van der Waals surface area (Å²) >= 11 is 6.81. The summed E-state index contributed by atoms with van der Waals surface area (Å²) in [4.78, 5) is 9.70.